The molecule has 0 saturated heterocycles. The molecule has 0 saturated carbocycles. The molecule has 2 aromatic rings. The summed E-state index contributed by atoms with van der Waals surface area (Å²) in [6.07, 6.45) is 0. The third-order valence-electron chi connectivity index (χ3n) is 3.58. The number of phenolic OH excluding ortho intramolecular Hbond substituents is 1. The van der Waals surface area contributed by atoms with Crippen molar-refractivity contribution in [2.45, 2.75) is 19.5 Å². The van der Waals surface area contributed by atoms with Crippen LogP contribution in [0.5, 0.6) is 5.75 Å². The molecule has 0 aliphatic carbocycles. The number of phenols is 1. The van der Waals surface area contributed by atoms with Gasteiger partial charge in [-0.1, -0.05) is 0 Å². The summed E-state index contributed by atoms with van der Waals surface area (Å²) in [5, 5.41) is 9.72. The van der Waals surface area contributed by atoms with Gasteiger partial charge < -0.3 is 14.6 Å². The number of aromatic hydroxyl groups is 1. The number of benzene rings is 2. The number of carbonyl (C=O) groups is 2. The lowest BCUT2D eigenvalue weighted by molar-refractivity contribution is -0.0470. The Kier molecular flexibility index (Phi) is 8.04. The van der Waals surface area contributed by atoms with E-state index in [4.69, 9.17) is 4.74 Å². The highest BCUT2D eigenvalue weighted by atomic mass is 127. The molecule has 0 spiro atoms. The van der Waals surface area contributed by atoms with Crippen LogP contribution in [0.15, 0.2) is 12.1 Å². The Bertz CT molecular complexity index is 1030. The third-order valence-corrected chi connectivity index (χ3v) is 5.22. The zero-order chi connectivity index (χ0) is 23.7. The molecule has 0 aliphatic heterocycles. The van der Waals surface area contributed by atoms with E-state index in [1.807, 2.05) is 0 Å². The van der Waals surface area contributed by atoms with Gasteiger partial charge in [0, 0.05) is 6.92 Å². The van der Waals surface area contributed by atoms with Crippen LogP contribution in [0, 0.1) is 30.4 Å². The van der Waals surface area contributed by atoms with Crippen LogP contribution in [0.2, 0.25) is 0 Å². The molecule has 168 valence electrons. The monoisotopic (exact) mass is 674 g/mol. The van der Waals surface area contributed by atoms with Gasteiger partial charge in [-0.05, 0) is 62.9 Å². The Morgan fingerprint density at radius 3 is 1.74 bits per heavy atom. The molecule has 0 atom stereocenters. The fraction of sp³-hybridized carbons (Fsp3) is 0.222. The fourth-order valence-corrected chi connectivity index (χ4v) is 4.10. The van der Waals surface area contributed by atoms with Gasteiger partial charge in [0.1, 0.15) is 23.5 Å². The molecule has 5 nitrogen and oxygen atoms in total. The van der Waals surface area contributed by atoms with E-state index in [0.717, 1.165) is 0 Å². The molecule has 0 fully saturated rings. The second-order valence-corrected chi connectivity index (χ2v) is 8.46. The highest BCUT2D eigenvalue weighted by molar-refractivity contribution is 14.1. The molecule has 2 rings (SSSR count). The molecule has 0 amide bonds. The maximum absolute atomic E-state index is 14.2. The maximum atomic E-state index is 14.2. The van der Waals surface area contributed by atoms with Crippen molar-refractivity contribution in [3.63, 3.8) is 0 Å². The topological polar surface area (TPSA) is 72.8 Å². The van der Waals surface area contributed by atoms with Crippen molar-refractivity contribution in [2.75, 3.05) is 6.61 Å². The van der Waals surface area contributed by atoms with Crippen molar-refractivity contribution >= 4 is 57.1 Å². The standard InChI is InChI=1S/C18H10F6I2O5/c1-18(23,24)5-31-17(29)10-9(11(19)13(21)14(22)12(10)20)16(28)30-4-6-2-7(25)15(27)8(26)3-6/h2-3,27H,4-5H2,1H3. The summed E-state index contributed by atoms with van der Waals surface area (Å²) in [4.78, 5) is 24.3. The molecular formula is C18H10F6I2O5. The molecule has 0 unspecified atom stereocenters. The first-order valence-electron chi connectivity index (χ1n) is 7.99. The lowest BCUT2D eigenvalue weighted by Crippen LogP contribution is -2.25. The van der Waals surface area contributed by atoms with Crippen LogP contribution in [-0.4, -0.2) is 29.6 Å². The van der Waals surface area contributed by atoms with E-state index < -0.39 is 65.5 Å². The van der Waals surface area contributed by atoms with Crippen molar-refractivity contribution in [3.05, 3.63) is 59.2 Å². The van der Waals surface area contributed by atoms with Gasteiger partial charge >= 0.3 is 11.9 Å². The van der Waals surface area contributed by atoms with E-state index in [-0.39, 0.29) is 11.3 Å². The molecule has 1 N–H and O–H groups in total. The van der Waals surface area contributed by atoms with E-state index in [2.05, 4.69) is 4.74 Å². The second kappa shape index (κ2) is 9.79. The fourth-order valence-electron chi connectivity index (χ4n) is 2.20. The molecule has 0 aromatic heterocycles. The smallest absolute Gasteiger partial charge is 0.342 e. The van der Waals surface area contributed by atoms with Crippen molar-refractivity contribution in [2.24, 2.45) is 0 Å². The SMILES string of the molecule is CC(F)(F)COC(=O)c1c(F)c(F)c(F)c(F)c1C(=O)OCc1cc(I)c(O)c(I)c1. The van der Waals surface area contributed by atoms with Crippen LogP contribution in [0.25, 0.3) is 0 Å². The van der Waals surface area contributed by atoms with Crippen LogP contribution in [0.4, 0.5) is 26.3 Å². The Labute approximate surface area is 198 Å². The Morgan fingerprint density at radius 1 is 0.903 bits per heavy atom. The van der Waals surface area contributed by atoms with Gasteiger partial charge in [0.05, 0.1) is 7.14 Å². The molecule has 0 radical (unpaired) electrons. The van der Waals surface area contributed by atoms with E-state index in [9.17, 15) is 41.0 Å². The molecule has 2 aromatic carbocycles. The van der Waals surface area contributed by atoms with Crippen molar-refractivity contribution in [1.29, 1.82) is 0 Å². The van der Waals surface area contributed by atoms with Crippen molar-refractivity contribution < 1.29 is 50.5 Å². The highest BCUT2D eigenvalue weighted by Crippen LogP contribution is 2.29. The Morgan fingerprint density at radius 2 is 1.32 bits per heavy atom. The third kappa shape index (κ3) is 5.93. The van der Waals surface area contributed by atoms with Gasteiger partial charge in [-0.2, -0.15) is 0 Å². The van der Waals surface area contributed by atoms with Crippen molar-refractivity contribution in [1.82, 2.24) is 0 Å². The van der Waals surface area contributed by atoms with Crippen LogP contribution < -0.4 is 0 Å². The lowest BCUT2D eigenvalue weighted by atomic mass is 10.0. The minimum absolute atomic E-state index is 0.0530. The molecular weight excluding hydrogens is 664 g/mol. The average Bonchev–Trinajstić information content (AvgIpc) is 2.68. The van der Waals surface area contributed by atoms with Gasteiger partial charge in [-0.25, -0.2) is 35.9 Å². The van der Waals surface area contributed by atoms with Gasteiger partial charge in [-0.15, -0.1) is 0 Å². The largest absolute Gasteiger partial charge is 0.506 e. The Hall–Kier alpha value is -1.78. The molecule has 13 heteroatoms. The quantitative estimate of drug-likeness (QED) is 0.148. The first-order valence-corrected chi connectivity index (χ1v) is 10.1. The molecule has 0 bridgehead atoms. The zero-order valence-corrected chi connectivity index (χ0v) is 19.5. The van der Waals surface area contributed by atoms with E-state index >= 15 is 0 Å². The summed E-state index contributed by atoms with van der Waals surface area (Å²) < 4.78 is 91.0. The number of hydrogen-bond donors (Lipinski definition) is 1. The summed E-state index contributed by atoms with van der Waals surface area (Å²) in [6.45, 7) is -1.84. The van der Waals surface area contributed by atoms with Crippen LogP contribution in [0.1, 0.15) is 33.2 Å². The number of ether oxygens (including phenoxy) is 2. The number of alkyl halides is 2. The number of rotatable bonds is 6. The lowest BCUT2D eigenvalue weighted by Gasteiger charge is -2.15. The average molecular weight is 674 g/mol. The summed E-state index contributed by atoms with van der Waals surface area (Å²) in [5.41, 5.74) is -3.09. The van der Waals surface area contributed by atoms with Crippen LogP contribution in [-0.2, 0) is 16.1 Å². The predicted molar refractivity (Wildman–Crippen MR) is 110 cm³/mol. The summed E-state index contributed by atoms with van der Waals surface area (Å²) in [6, 6.07) is 2.76. The number of hydrogen-bond acceptors (Lipinski definition) is 5. The number of esters is 2. The first kappa shape index (κ1) is 25.5. The van der Waals surface area contributed by atoms with Gasteiger partial charge in [0.25, 0.3) is 5.92 Å². The van der Waals surface area contributed by atoms with E-state index in [0.29, 0.717) is 14.1 Å². The highest BCUT2D eigenvalue weighted by Gasteiger charge is 2.35. The normalized spacial score (nSPS) is 11.4. The van der Waals surface area contributed by atoms with E-state index in [1.54, 1.807) is 45.2 Å². The number of halogens is 8. The zero-order valence-electron chi connectivity index (χ0n) is 15.2. The summed E-state index contributed by atoms with van der Waals surface area (Å²) in [7, 11) is 0. The van der Waals surface area contributed by atoms with Crippen LogP contribution >= 0.6 is 45.2 Å². The first-order chi connectivity index (χ1) is 14.2. The van der Waals surface area contributed by atoms with Crippen molar-refractivity contribution in [3.8, 4) is 5.75 Å². The molecule has 0 heterocycles. The van der Waals surface area contributed by atoms with Gasteiger partial charge in [0.2, 0.25) is 0 Å². The predicted octanol–water partition coefficient (Wildman–Crippen LogP) is 5.33. The number of carbonyl (C=O) groups excluding carboxylic acids is 2. The summed E-state index contributed by atoms with van der Waals surface area (Å²) >= 11 is 3.55. The minimum Gasteiger partial charge on any atom is -0.506 e. The molecule has 0 aliphatic rings. The second-order valence-electron chi connectivity index (χ2n) is 6.14. The van der Waals surface area contributed by atoms with E-state index in [1.165, 1.54) is 12.1 Å². The Balaban J connectivity index is 2.42. The van der Waals surface area contributed by atoms with Gasteiger partial charge in [-0.3, -0.25) is 0 Å². The molecule has 31 heavy (non-hydrogen) atoms. The van der Waals surface area contributed by atoms with Gasteiger partial charge in [0.15, 0.2) is 29.9 Å². The summed E-state index contributed by atoms with van der Waals surface area (Å²) in [5.74, 6) is -16.8. The minimum atomic E-state index is -3.57. The van der Waals surface area contributed by atoms with Crippen LogP contribution in [0.3, 0.4) is 0 Å². The maximum Gasteiger partial charge on any atom is 0.342 e.